The third-order valence-electron chi connectivity index (χ3n) is 33.0. The molecule has 0 saturated heterocycles. The lowest BCUT2D eigenvalue weighted by Crippen LogP contribution is -2.17. The largest absolute Gasteiger partial charge is 0.456 e. The van der Waals surface area contributed by atoms with Gasteiger partial charge in [0.2, 0.25) is 0 Å². The summed E-state index contributed by atoms with van der Waals surface area (Å²) >= 11 is 1.88. The number of thiophene rings is 1. The minimum atomic E-state index is -0.104. The molecule has 29 rings (SSSR count). The van der Waals surface area contributed by atoms with E-state index in [0.29, 0.717) is 5.92 Å². The average molecular weight is 1930 g/mol. The van der Waals surface area contributed by atoms with E-state index in [9.17, 15) is 0 Å². The molecule has 0 N–H and O–H groups in total. The second-order valence-electron chi connectivity index (χ2n) is 42.1. The molecule has 0 atom stereocenters. The summed E-state index contributed by atoms with van der Waals surface area (Å²) in [6, 6.07) is 180. The van der Waals surface area contributed by atoms with Crippen LogP contribution in [0.3, 0.4) is 0 Å². The Bertz CT molecular complexity index is 9400. The molecule has 5 heteroatoms. The van der Waals surface area contributed by atoms with Crippen molar-refractivity contribution in [1.82, 2.24) is 0 Å². The van der Waals surface area contributed by atoms with Gasteiger partial charge in [-0.3, -0.25) is 0 Å². The lowest BCUT2D eigenvalue weighted by molar-refractivity contribution is 0.660. The van der Waals surface area contributed by atoms with Crippen molar-refractivity contribution >= 4 is 169 Å². The number of anilines is 9. The Morgan fingerprint density at radius 2 is 0.510 bits per heavy atom. The van der Waals surface area contributed by atoms with E-state index < -0.39 is 0 Å². The predicted octanol–water partition coefficient (Wildman–Crippen LogP) is 42.3. The van der Waals surface area contributed by atoms with Gasteiger partial charge in [0.15, 0.2) is 0 Å². The number of fused-ring (bicyclic) bond motifs is 15. The zero-order chi connectivity index (χ0) is 99.0. The minimum absolute atomic E-state index is 0.104. The molecular weight excluding hydrogens is 1820 g/mol. The normalized spacial score (nSPS) is 14.0. The Morgan fingerprint density at radius 1 is 0.208 bits per heavy atom. The number of hydrogen-bond donors (Lipinski definition) is 0. The van der Waals surface area contributed by atoms with E-state index in [1.165, 1.54) is 279 Å². The molecule has 25 aromatic rings. The molecule has 4 nitrogen and oxygen atoms in total. The minimum Gasteiger partial charge on any atom is -0.456 e. The van der Waals surface area contributed by atoms with E-state index in [1.54, 1.807) is 0 Å². The van der Waals surface area contributed by atoms with Gasteiger partial charge >= 0.3 is 0 Å². The van der Waals surface area contributed by atoms with Crippen LogP contribution in [0.25, 0.3) is 174 Å². The van der Waals surface area contributed by atoms with Gasteiger partial charge < -0.3 is 19.1 Å². The lowest BCUT2D eigenvalue weighted by Gasteiger charge is -2.30. The van der Waals surface area contributed by atoms with Crippen LogP contribution in [0.5, 0.6) is 0 Å². The molecule has 0 bridgehead atoms. The molecule has 23 aromatic carbocycles. The Balaban J connectivity index is 0.000000110. The van der Waals surface area contributed by atoms with Crippen LogP contribution in [0.1, 0.15) is 136 Å². The summed E-state index contributed by atoms with van der Waals surface area (Å²) in [5.74, 6) is 2.14. The van der Waals surface area contributed by atoms with Crippen molar-refractivity contribution in [2.75, 3.05) is 14.7 Å². The van der Waals surface area contributed by atoms with Gasteiger partial charge in [0, 0.05) is 93.2 Å². The molecule has 716 valence electrons. The first-order chi connectivity index (χ1) is 73.6. The zero-order valence-electron chi connectivity index (χ0n) is 84.1. The van der Waals surface area contributed by atoms with Crippen LogP contribution < -0.4 is 14.7 Å². The molecule has 2 aromatic heterocycles. The van der Waals surface area contributed by atoms with Crippen LogP contribution in [0, 0.1) is 0 Å². The van der Waals surface area contributed by atoms with Gasteiger partial charge in [-0.15, -0.1) is 11.3 Å². The Hall–Kier alpha value is -17.0. The van der Waals surface area contributed by atoms with E-state index in [1.807, 2.05) is 23.5 Å². The smallest absolute Gasteiger partial charge is 0.137 e. The van der Waals surface area contributed by atoms with Gasteiger partial charge in [-0.2, -0.15) is 0 Å². The standard InChI is InChI=1S/C52H43N.C49H37NO.C43H33NS/c1-52(2)48-18-10-9-17-46(48)47-31-30-44(34-49(47)52)53(43-28-25-39(26-29-43)38-21-19-37(20-22-38)35-11-3-4-12-35)50-32-27-40-14-7-8-16-45(40)51(50)42-24-23-36-13-5-6-15-41(36)33-42;1-2-10-33(9-1)35-17-19-36(20-18-35)37-23-26-41(27-24-37)50(42-28-29-45-44-15-7-8-16-47(44)51-48(45)32-42)46-30-25-38-12-5-6-14-43(38)49(46)40-22-21-34-11-3-4-13-39(34)31-40;1-2-10-29(9-1)31-19-22-35(23-20-31)44(36-24-25-39-38-15-7-8-16-41(38)45-42(39)28-36)40-26-21-32-12-5-6-14-37(32)43(40)34-18-17-30-11-3-4-13-33(30)27-34/h5-10,13-35H,3-4,11-12H2,1-2H3;3-8,11-33H,1-2,9-10H2;3-8,11-29H,1-2,9-10H2. The van der Waals surface area contributed by atoms with Crippen LogP contribution in [0.15, 0.2) is 490 Å². The maximum absolute atomic E-state index is 6.45. The van der Waals surface area contributed by atoms with Gasteiger partial charge in [0.05, 0.1) is 17.1 Å². The third kappa shape index (κ3) is 17.0. The number of hydrogen-bond acceptors (Lipinski definition) is 5. The van der Waals surface area contributed by atoms with E-state index in [2.05, 4.69) is 502 Å². The quantitative estimate of drug-likeness (QED) is 0.0906. The first kappa shape index (κ1) is 90.8. The predicted molar refractivity (Wildman–Crippen MR) is 637 cm³/mol. The number of furan rings is 1. The summed E-state index contributed by atoms with van der Waals surface area (Å²) in [4.78, 5) is 7.37. The molecule has 0 spiro atoms. The van der Waals surface area contributed by atoms with E-state index >= 15 is 0 Å². The summed E-state index contributed by atoms with van der Waals surface area (Å²) in [5, 5.41) is 19.8. The summed E-state index contributed by atoms with van der Waals surface area (Å²) in [6.07, 6.45) is 16.0. The van der Waals surface area contributed by atoms with Gasteiger partial charge in [0.25, 0.3) is 0 Å². The van der Waals surface area contributed by atoms with Gasteiger partial charge in [-0.25, -0.2) is 0 Å². The summed E-state index contributed by atoms with van der Waals surface area (Å²) < 4.78 is 9.09. The topological polar surface area (TPSA) is 22.9 Å². The highest BCUT2D eigenvalue weighted by atomic mass is 32.1. The monoisotopic (exact) mass is 1930 g/mol. The van der Waals surface area contributed by atoms with Crippen LogP contribution in [-0.2, 0) is 5.41 Å². The van der Waals surface area contributed by atoms with Crippen molar-refractivity contribution in [1.29, 1.82) is 0 Å². The maximum Gasteiger partial charge on any atom is 0.137 e. The average Bonchev–Trinajstić information content (AvgIpc) is 1.70. The molecule has 0 aliphatic heterocycles. The van der Waals surface area contributed by atoms with Crippen molar-refractivity contribution in [3.63, 3.8) is 0 Å². The Morgan fingerprint density at radius 3 is 0.960 bits per heavy atom. The molecule has 0 radical (unpaired) electrons. The fourth-order valence-electron chi connectivity index (χ4n) is 25.3. The second kappa shape index (κ2) is 38.8. The molecule has 0 unspecified atom stereocenters. The van der Waals surface area contributed by atoms with Crippen LogP contribution in [-0.4, -0.2) is 0 Å². The van der Waals surface area contributed by atoms with Crippen LogP contribution in [0.4, 0.5) is 51.2 Å². The second-order valence-corrected chi connectivity index (χ2v) is 43.1. The summed E-state index contributed by atoms with van der Waals surface area (Å²) in [6.45, 7) is 4.74. The molecular formula is C144H113N3OS. The van der Waals surface area contributed by atoms with Crippen molar-refractivity contribution < 1.29 is 4.42 Å². The molecule has 2 heterocycles. The van der Waals surface area contributed by atoms with Crippen molar-refractivity contribution in [2.24, 2.45) is 0 Å². The van der Waals surface area contributed by atoms with Crippen molar-refractivity contribution in [3.05, 3.63) is 513 Å². The van der Waals surface area contributed by atoms with Crippen LogP contribution >= 0.6 is 11.3 Å². The molecule has 4 aliphatic carbocycles. The molecule has 3 fully saturated rings. The number of nitrogens with zero attached hydrogens (tertiary/aromatic N) is 3. The highest BCUT2D eigenvalue weighted by Gasteiger charge is 2.37. The van der Waals surface area contributed by atoms with Crippen molar-refractivity contribution in [2.45, 2.75) is 114 Å². The Labute approximate surface area is 875 Å². The summed E-state index contributed by atoms with van der Waals surface area (Å²) in [7, 11) is 0. The fraction of sp³-hybridized carbons (Fsp3) is 0.125. The molecule has 4 aliphatic rings. The highest BCUT2D eigenvalue weighted by molar-refractivity contribution is 7.25. The highest BCUT2D eigenvalue weighted by Crippen LogP contribution is 2.56. The first-order valence-electron chi connectivity index (χ1n) is 53.6. The van der Waals surface area contributed by atoms with Gasteiger partial charge in [-0.05, 0) is 320 Å². The molecule has 0 amide bonds. The molecule has 3 saturated carbocycles. The number of benzene rings is 23. The zero-order valence-corrected chi connectivity index (χ0v) is 84.9. The van der Waals surface area contributed by atoms with E-state index in [4.69, 9.17) is 4.42 Å². The molecule has 149 heavy (non-hydrogen) atoms. The Kier molecular flexibility index (Phi) is 23.6. The van der Waals surface area contributed by atoms with Gasteiger partial charge in [0.1, 0.15) is 11.2 Å². The first-order valence-corrected chi connectivity index (χ1v) is 54.4. The van der Waals surface area contributed by atoms with Crippen molar-refractivity contribution in [3.8, 4) is 66.8 Å². The SMILES string of the molecule is CC1(C)c2ccccc2-c2ccc(N(c3ccc(-c4ccc(C5CCCC5)cc4)cc3)c3ccc4ccccc4c3-c3ccc4ccccc4c3)cc21.c1ccc2cc(-c3c(N(c4ccc(-c5ccc(C6CCCC6)cc5)cc4)c4ccc5c(c4)oc4ccccc45)ccc4ccccc34)ccc2c1.c1ccc2cc(-c3c(N(c4ccc(C5CCCC5)cc4)c4ccc5c(c4)sc4ccccc45)ccc4ccccc34)ccc2c1. The third-order valence-corrected chi connectivity index (χ3v) is 34.1. The number of para-hydroxylation sites is 1. The van der Waals surface area contributed by atoms with Crippen LogP contribution in [0.2, 0.25) is 0 Å². The maximum atomic E-state index is 6.45. The fourth-order valence-corrected chi connectivity index (χ4v) is 26.4. The van der Waals surface area contributed by atoms with E-state index in [0.717, 1.165) is 62.2 Å². The van der Waals surface area contributed by atoms with E-state index in [-0.39, 0.29) is 5.41 Å². The summed E-state index contributed by atoms with van der Waals surface area (Å²) in [5.41, 5.74) is 34.2. The lowest BCUT2D eigenvalue weighted by atomic mass is 9.82. The van der Waals surface area contributed by atoms with Gasteiger partial charge in [-0.1, -0.05) is 410 Å². The number of rotatable bonds is 17.